The van der Waals surface area contributed by atoms with E-state index in [0.29, 0.717) is 0 Å². The van der Waals surface area contributed by atoms with Crippen LogP contribution in [0.25, 0.3) is 0 Å². The Balaban J connectivity index is 2.39. The summed E-state index contributed by atoms with van der Waals surface area (Å²) in [5.74, 6) is 0. The van der Waals surface area contributed by atoms with E-state index in [2.05, 4.69) is 49.3 Å². The zero-order chi connectivity index (χ0) is 12.3. The Morgan fingerprint density at radius 3 is 2.53 bits per heavy atom. The maximum atomic E-state index is 4.08. The molecule has 2 aromatic heterocycles. The topological polar surface area (TPSA) is 24.9 Å². The van der Waals surface area contributed by atoms with Crippen LogP contribution in [0.3, 0.4) is 0 Å². The number of aromatic nitrogens is 1. The summed E-state index contributed by atoms with van der Waals surface area (Å²) in [5, 5.41) is 3.55. The van der Waals surface area contributed by atoms with Crippen LogP contribution in [-0.4, -0.2) is 11.5 Å². The maximum absolute atomic E-state index is 4.08. The third-order valence-electron chi connectivity index (χ3n) is 2.84. The molecule has 0 bridgehead atoms. The van der Waals surface area contributed by atoms with Crippen molar-refractivity contribution in [2.24, 2.45) is 0 Å². The third-order valence-corrected chi connectivity index (χ3v) is 3.82. The van der Waals surface area contributed by atoms with Crippen molar-refractivity contribution in [3.05, 3.63) is 51.5 Å². The molecule has 1 unspecified atom stereocenters. The molecule has 0 spiro atoms. The molecule has 2 rings (SSSR count). The molecule has 2 heterocycles. The van der Waals surface area contributed by atoms with Crippen LogP contribution in [0.5, 0.6) is 0 Å². The Morgan fingerprint density at radius 1 is 1.29 bits per heavy atom. The average molecular weight is 246 g/mol. The first kappa shape index (κ1) is 12.3. The second-order valence-corrected chi connectivity index (χ2v) is 5.60. The molecule has 17 heavy (non-hydrogen) atoms. The largest absolute Gasteiger partial charge is 0.306 e. The lowest BCUT2D eigenvalue weighted by atomic mass is 10.00. The first-order valence-electron chi connectivity index (χ1n) is 5.92. The van der Waals surface area contributed by atoms with Gasteiger partial charge in [0.2, 0.25) is 0 Å². The van der Waals surface area contributed by atoms with Gasteiger partial charge in [-0.25, -0.2) is 0 Å². The lowest BCUT2D eigenvalue weighted by molar-refractivity contribution is 0.629. The molecule has 0 aromatic carbocycles. The van der Waals surface area contributed by atoms with Crippen LogP contribution in [0.15, 0.2) is 30.6 Å². The van der Waals surface area contributed by atoms with Gasteiger partial charge in [-0.1, -0.05) is 6.92 Å². The molecule has 0 fully saturated rings. The number of pyridine rings is 1. The van der Waals surface area contributed by atoms with E-state index in [0.717, 1.165) is 6.54 Å². The van der Waals surface area contributed by atoms with Crippen molar-refractivity contribution in [3.8, 4) is 0 Å². The van der Waals surface area contributed by atoms with Crippen LogP contribution < -0.4 is 5.32 Å². The Kier molecular flexibility index (Phi) is 3.92. The van der Waals surface area contributed by atoms with Crippen LogP contribution in [0.1, 0.15) is 33.8 Å². The molecule has 0 saturated carbocycles. The summed E-state index contributed by atoms with van der Waals surface area (Å²) >= 11 is 1.86. The molecule has 0 radical (unpaired) electrons. The second-order valence-electron chi connectivity index (χ2n) is 4.14. The van der Waals surface area contributed by atoms with E-state index in [-0.39, 0.29) is 6.04 Å². The highest BCUT2D eigenvalue weighted by molar-refractivity contribution is 7.12. The summed E-state index contributed by atoms with van der Waals surface area (Å²) in [6, 6.07) is 6.74. The summed E-state index contributed by atoms with van der Waals surface area (Å²) in [4.78, 5) is 6.85. The van der Waals surface area contributed by atoms with Gasteiger partial charge in [0, 0.05) is 22.1 Å². The highest BCUT2D eigenvalue weighted by atomic mass is 32.1. The molecule has 0 aliphatic heterocycles. The van der Waals surface area contributed by atoms with Crippen molar-refractivity contribution in [3.63, 3.8) is 0 Å². The molecule has 0 aliphatic carbocycles. The van der Waals surface area contributed by atoms with Crippen molar-refractivity contribution in [2.75, 3.05) is 6.54 Å². The Bertz CT molecular complexity index is 476. The van der Waals surface area contributed by atoms with Gasteiger partial charge in [0.25, 0.3) is 0 Å². The van der Waals surface area contributed by atoms with Gasteiger partial charge in [-0.05, 0) is 49.7 Å². The van der Waals surface area contributed by atoms with Gasteiger partial charge in [0.05, 0.1) is 6.04 Å². The Labute approximate surface area is 107 Å². The summed E-state index contributed by atoms with van der Waals surface area (Å²) in [6.07, 6.45) is 3.71. The van der Waals surface area contributed by atoms with Crippen LogP contribution >= 0.6 is 11.3 Å². The van der Waals surface area contributed by atoms with Crippen LogP contribution in [0.4, 0.5) is 0 Å². The van der Waals surface area contributed by atoms with E-state index < -0.39 is 0 Å². The first-order valence-corrected chi connectivity index (χ1v) is 6.74. The van der Waals surface area contributed by atoms with E-state index in [1.807, 2.05) is 23.7 Å². The van der Waals surface area contributed by atoms with Gasteiger partial charge >= 0.3 is 0 Å². The zero-order valence-electron chi connectivity index (χ0n) is 10.5. The fraction of sp³-hybridized carbons (Fsp3) is 0.357. The molecule has 0 aliphatic rings. The fourth-order valence-electron chi connectivity index (χ4n) is 2.10. The van der Waals surface area contributed by atoms with E-state index in [1.165, 1.54) is 20.9 Å². The molecule has 90 valence electrons. The van der Waals surface area contributed by atoms with Crippen molar-refractivity contribution in [2.45, 2.75) is 26.8 Å². The van der Waals surface area contributed by atoms with Crippen molar-refractivity contribution in [1.82, 2.24) is 10.3 Å². The predicted molar refractivity (Wildman–Crippen MR) is 73.5 cm³/mol. The van der Waals surface area contributed by atoms with E-state index in [9.17, 15) is 0 Å². The van der Waals surface area contributed by atoms with Gasteiger partial charge in [-0.15, -0.1) is 11.3 Å². The molecule has 0 saturated heterocycles. The number of nitrogens with one attached hydrogen (secondary N) is 1. The summed E-state index contributed by atoms with van der Waals surface area (Å²) in [7, 11) is 0. The van der Waals surface area contributed by atoms with Crippen molar-refractivity contribution < 1.29 is 0 Å². The summed E-state index contributed by atoms with van der Waals surface area (Å²) in [5.41, 5.74) is 2.67. The molecule has 3 heteroatoms. The molecule has 1 N–H and O–H groups in total. The van der Waals surface area contributed by atoms with Crippen molar-refractivity contribution in [1.29, 1.82) is 0 Å². The zero-order valence-corrected chi connectivity index (χ0v) is 11.3. The van der Waals surface area contributed by atoms with Crippen molar-refractivity contribution >= 4 is 11.3 Å². The predicted octanol–water partition coefficient (Wildman–Crippen LogP) is 3.46. The third kappa shape index (κ3) is 2.73. The number of thiophene rings is 1. The number of nitrogens with zero attached hydrogens (tertiary/aromatic N) is 1. The molecule has 1 atom stereocenters. The van der Waals surface area contributed by atoms with Gasteiger partial charge in [0.15, 0.2) is 0 Å². The second kappa shape index (κ2) is 5.43. The van der Waals surface area contributed by atoms with Crippen LogP contribution in [-0.2, 0) is 0 Å². The standard InChI is InChI=1S/C14H18N2S/c1-4-16-14(12-5-7-15-8-6-12)13-9-10(2)17-11(13)3/h5-9,14,16H,4H2,1-3H3. The van der Waals surface area contributed by atoms with Gasteiger partial charge in [-0.3, -0.25) is 4.98 Å². The number of rotatable bonds is 4. The smallest absolute Gasteiger partial charge is 0.0588 e. The molecular weight excluding hydrogens is 228 g/mol. The SMILES string of the molecule is CCNC(c1ccncc1)c1cc(C)sc1C. The van der Waals surface area contributed by atoms with Crippen LogP contribution in [0, 0.1) is 13.8 Å². The number of hydrogen-bond acceptors (Lipinski definition) is 3. The average Bonchev–Trinajstić information content (AvgIpc) is 2.66. The molecule has 0 amide bonds. The van der Waals surface area contributed by atoms with E-state index in [1.54, 1.807) is 0 Å². The molecular formula is C14H18N2S. The highest BCUT2D eigenvalue weighted by Gasteiger charge is 2.16. The number of hydrogen-bond donors (Lipinski definition) is 1. The molecule has 2 nitrogen and oxygen atoms in total. The normalized spacial score (nSPS) is 12.6. The lowest BCUT2D eigenvalue weighted by Gasteiger charge is -2.18. The van der Waals surface area contributed by atoms with E-state index in [4.69, 9.17) is 0 Å². The minimum atomic E-state index is 0.285. The summed E-state index contributed by atoms with van der Waals surface area (Å²) in [6.45, 7) is 7.46. The highest BCUT2D eigenvalue weighted by Crippen LogP contribution is 2.30. The molecule has 2 aromatic rings. The van der Waals surface area contributed by atoms with Gasteiger partial charge in [0.1, 0.15) is 0 Å². The lowest BCUT2D eigenvalue weighted by Crippen LogP contribution is -2.22. The minimum Gasteiger partial charge on any atom is -0.306 e. The van der Waals surface area contributed by atoms with E-state index >= 15 is 0 Å². The quantitative estimate of drug-likeness (QED) is 0.893. The maximum Gasteiger partial charge on any atom is 0.0588 e. The Hall–Kier alpha value is -1.19. The summed E-state index contributed by atoms with van der Waals surface area (Å²) < 4.78 is 0. The van der Waals surface area contributed by atoms with Gasteiger partial charge in [-0.2, -0.15) is 0 Å². The van der Waals surface area contributed by atoms with Gasteiger partial charge < -0.3 is 5.32 Å². The Morgan fingerprint density at radius 2 is 2.00 bits per heavy atom. The first-order chi connectivity index (χ1) is 8.22. The van der Waals surface area contributed by atoms with Crippen LogP contribution in [0.2, 0.25) is 0 Å². The fourth-order valence-corrected chi connectivity index (χ4v) is 3.07. The number of aryl methyl sites for hydroxylation is 2. The monoisotopic (exact) mass is 246 g/mol. The minimum absolute atomic E-state index is 0.285.